The van der Waals surface area contributed by atoms with E-state index in [1.54, 1.807) is 18.2 Å². The molecular weight excluding hydrogens is 446 g/mol. The summed E-state index contributed by atoms with van der Waals surface area (Å²) in [5.74, 6) is -1.63. The summed E-state index contributed by atoms with van der Waals surface area (Å²) in [6.07, 6.45) is 2.47. The molecule has 0 saturated carbocycles. The number of halogens is 1. The third kappa shape index (κ3) is 4.93. The SMILES string of the molecule is O=C(Oc1c(/C=N/NC(=O)c2ccco2)cccc1[N+](=O)[O-])c1ccc(Br)cc1. The fraction of sp³-hybridized carbons (Fsp3) is 0. The quantitative estimate of drug-likeness (QED) is 0.196. The topological polar surface area (TPSA) is 124 Å². The van der Waals surface area contributed by atoms with Crippen LogP contribution in [-0.4, -0.2) is 23.0 Å². The molecule has 0 aliphatic carbocycles. The number of benzene rings is 2. The largest absolute Gasteiger partial charge is 0.459 e. The van der Waals surface area contributed by atoms with Crippen LogP contribution in [0.5, 0.6) is 5.75 Å². The van der Waals surface area contributed by atoms with E-state index in [2.05, 4.69) is 26.5 Å². The van der Waals surface area contributed by atoms with Gasteiger partial charge in [-0.25, -0.2) is 10.2 Å². The second-order valence-electron chi connectivity index (χ2n) is 5.53. The second-order valence-corrected chi connectivity index (χ2v) is 6.44. The van der Waals surface area contributed by atoms with Crippen LogP contribution in [0.4, 0.5) is 5.69 Å². The molecule has 0 aliphatic heterocycles. The maximum absolute atomic E-state index is 12.4. The van der Waals surface area contributed by atoms with Gasteiger partial charge in [0.1, 0.15) is 0 Å². The zero-order valence-corrected chi connectivity index (χ0v) is 16.2. The lowest BCUT2D eigenvalue weighted by molar-refractivity contribution is -0.385. The molecule has 3 aromatic rings. The predicted molar refractivity (Wildman–Crippen MR) is 106 cm³/mol. The van der Waals surface area contributed by atoms with Crippen molar-refractivity contribution in [2.45, 2.75) is 0 Å². The molecule has 9 nitrogen and oxygen atoms in total. The summed E-state index contributed by atoms with van der Waals surface area (Å²) in [6, 6.07) is 13.4. The van der Waals surface area contributed by atoms with Crippen molar-refractivity contribution in [1.29, 1.82) is 0 Å². The molecule has 29 heavy (non-hydrogen) atoms. The standard InChI is InChI=1S/C19H12BrN3O6/c20-14-8-6-12(7-9-14)19(25)29-17-13(3-1-4-15(17)23(26)27)11-21-22-18(24)16-5-2-10-28-16/h1-11H,(H,22,24)/b21-11+. The minimum absolute atomic E-state index is 0.0445. The van der Waals surface area contributed by atoms with Crippen LogP contribution in [0.3, 0.4) is 0 Å². The molecule has 0 radical (unpaired) electrons. The van der Waals surface area contributed by atoms with Gasteiger partial charge in [0.25, 0.3) is 0 Å². The van der Waals surface area contributed by atoms with E-state index in [0.29, 0.717) is 0 Å². The van der Waals surface area contributed by atoms with Crippen molar-refractivity contribution >= 4 is 39.7 Å². The average molecular weight is 458 g/mol. The Morgan fingerprint density at radius 3 is 2.55 bits per heavy atom. The second kappa shape index (κ2) is 8.93. The summed E-state index contributed by atoms with van der Waals surface area (Å²) in [6.45, 7) is 0. The fourth-order valence-electron chi connectivity index (χ4n) is 2.26. The number of carbonyl (C=O) groups excluding carboxylic acids is 2. The van der Waals surface area contributed by atoms with Crippen molar-refractivity contribution in [2.75, 3.05) is 0 Å². The molecular formula is C19H12BrN3O6. The minimum atomic E-state index is -0.777. The molecule has 0 aliphatic rings. The number of ether oxygens (including phenoxy) is 1. The van der Waals surface area contributed by atoms with Gasteiger partial charge in [-0.3, -0.25) is 14.9 Å². The Morgan fingerprint density at radius 2 is 1.90 bits per heavy atom. The number of rotatable bonds is 6. The van der Waals surface area contributed by atoms with Crippen LogP contribution in [0.2, 0.25) is 0 Å². The predicted octanol–water partition coefficient (Wildman–Crippen LogP) is 3.93. The van der Waals surface area contributed by atoms with Gasteiger partial charge >= 0.3 is 17.6 Å². The van der Waals surface area contributed by atoms with E-state index in [4.69, 9.17) is 9.15 Å². The molecule has 0 atom stereocenters. The Morgan fingerprint density at radius 1 is 1.14 bits per heavy atom. The van der Waals surface area contributed by atoms with Gasteiger partial charge in [-0.1, -0.05) is 22.0 Å². The maximum atomic E-state index is 12.4. The molecule has 0 fully saturated rings. The summed E-state index contributed by atoms with van der Waals surface area (Å²) in [5.41, 5.74) is 2.14. The van der Waals surface area contributed by atoms with E-state index in [1.807, 2.05) is 0 Å². The number of hydrazone groups is 1. The summed E-state index contributed by atoms with van der Waals surface area (Å²) >= 11 is 3.26. The van der Waals surface area contributed by atoms with Gasteiger partial charge in [0.2, 0.25) is 5.75 Å². The van der Waals surface area contributed by atoms with Crippen molar-refractivity contribution in [3.63, 3.8) is 0 Å². The van der Waals surface area contributed by atoms with Crippen molar-refractivity contribution in [3.05, 3.63) is 92.3 Å². The van der Waals surface area contributed by atoms with Crippen LogP contribution in [0.15, 0.2) is 74.9 Å². The zero-order chi connectivity index (χ0) is 20.8. The molecule has 1 N–H and O–H groups in total. The van der Waals surface area contributed by atoms with Crippen molar-refractivity contribution < 1.29 is 23.7 Å². The van der Waals surface area contributed by atoms with E-state index in [0.717, 1.165) is 10.7 Å². The summed E-state index contributed by atoms with van der Waals surface area (Å²) in [5, 5.41) is 15.1. The minimum Gasteiger partial charge on any atom is -0.459 e. The number of furan rings is 1. The first kappa shape index (κ1) is 20.0. The van der Waals surface area contributed by atoms with Crippen LogP contribution >= 0.6 is 15.9 Å². The molecule has 2 aromatic carbocycles. The normalized spacial score (nSPS) is 10.7. The number of nitrogens with one attached hydrogen (secondary N) is 1. The maximum Gasteiger partial charge on any atom is 0.343 e. The third-order valence-corrected chi connectivity index (χ3v) is 4.14. The summed E-state index contributed by atoms with van der Waals surface area (Å²) < 4.78 is 11.0. The van der Waals surface area contributed by atoms with Gasteiger partial charge in [-0.2, -0.15) is 5.10 Å². The van der Waals surface area contributed by atoms with Gasteiger partial charge in [-0.05, 0) is 42.5 Å². The number of hydrogen-bond donors (Lipinski definition) is 1. The number of esters is 1. The highest BCUT2D eigenvalue weighted by atomic mass is 79.9. The first-order valence-corrected chi connectivity index (χ1v) is 8.87. The van der Waals surface area contributed by atoms with Crippen LogP contribution in [0.1, 0.15) is 26.5 Å². The highest BCUT2D eigenvalue weighted by Gasteiger charge is 2.22. The molecule has 0 spiro atoms. The van der Waals surface area contributed by atoms with E-state index in [-0.39, 0.29) is 22.6 Å². The van der Waals surface area contributed by atoms with Crippen LogP contribution in [-0.2, 0) is 0 Å². The first-order chi connectivity index (χ1) is 14.0. The number of nitro groups is 1. The molecule has 0 bridgehead atoms. The van der Waals surface area contributed by atoms with E-state index < -0.39 is 22.5 Å². The summed E-state index contributed by atoms with van der Waals surface area (Å²) in [7, 11) is 0. The number of carbonyl (C=O) groups is 2. The first-order valence-electron chi connectivity index (χ1n) is 8.08. The average Bonchev–Trinajstić information content (AvgIpc) is 3.24. The van der Waals surface area contributed by atoms with Crippen LogP contribution in [0, 0.1) is 10.1 Å². The van der Waals surface area contributed by atoms with E-state index in [1.165, 1.54) is 42.7 Å². The van der Waals surface area contributed by atoms with Crippen LogP contribution < -0.4 is 10.2 Å². The molecule has 1 aromatic heterocycles. The van der Waals surface area contributed by atoms with Gasteiger partial charge in [-0.15, -0.1) is 0 Å². The highest BCUT2D eigenvalue weighted by Crippen LogP contribution is 2.30. The van der Waals surface area contributed by atoms with Crippen molar-refractivity contribution in [1.82, 2.24) is 5.43 Å². The van der Waals surface area contributed by atoms with Gasteiger partial charge in [0.05, 0.1) is 23.0 Å². The Bertz CT molecular complexity index is 1080. The third-order valence-electron chi connectivity index (χ3n) is 3.61. The molecule has 0 saturated heterocycles. The molecule has 3 rings (SSSR count). The van der Waals surface area contributed by atoms with Crippen LogP contribution in [0.25, 0.3) is 0 Å². The summed E-state index contributed by atoms with van der Waals surface area (Å²) in [4.78, 5) is 34.9. The van der Waals surface area contributed by atoms with Crippen molar-refractivity contribution in [2.24, 2.45) is 5.10 Å². The van der Waals surface area contributed by atoms with E-state index in [9.17, 15) is 19.7 Å². The van der Waals surface area contributed by atoms with Crippen molar-refractivity contribution in [3.8, 4) is 5.75 Å². The molecule has 10 heteroatoms. The zero-order valence-electron chi connectivity index (χ0n) is 14.6. The molecule has 0 unspecified atom stereocenters. The Balaban J connectivity index is 1.85. The molecule has 146 valence electrons. The van der Waals surface area contributed by atoms with Gasteiger partial charge in [0, 0.05) is 16.1 Å². The number of nitro benzene ring substituents is 1. The Labute approximate surface area is 172 Å². The Kier molecular flexibility index (Phi) is 6.15. The van der Waals surface area contributed by atoms with Gasteiger partial charge in [0.15, 0.2) is 5.76 Å². The number of para-hydroxylation sites is 1. The Hall–Kier alpha value is -3.79. The lowest BCUT2D eigenvalue weighted by atomic mass is 10.2. The fourth-order valence-corrected chi connectivity index (χ4v) is 2.52. The number of hydrogen-bond acceptors (Lipinski definition) is 7. The van der Waals surface area contributed by atoms with E-state index >= 15 is 0 Å². The number of amides is 1. The molecule has 1 heterocycles. The molecule has 1 amide bonds. The monoisotopic (exact) mass is 457 g/mol. The smallest absolute Gasteiger partial charge is 0.343 e. The highest BCUT2D eigenvalue weighted by molar-refractivity contribution is 9.10. The van der Waals surface area contributed by atoms with Gasteiger partial charge < -0.3 is 9.15 Å². The number of nitrogens with zero attached hydrogens (tertiary/aromatic N) is 2. The lowest BCUT2D eigenvalue weighted by Gasteiger charge is -2.08. The lowest BCUT2D eigenvalue weighted by Crippen LogP contribution is -2.17.